The first-order valence-corrected chi connectivity index (χ1v) is 11.1. The van der Waals surface area contributed by atoms with E-state index in [1.807, 2.05) is 0 Å². The van der Waals surface area contributed by atoms with Crippen LogP contribution in [0, 0.1) is 0 Å². The fraction of sp³-hybridized carbons (Fsp3) is 0.364. The van der Waals surface area contributed by atoms with E-state index in [-0.39, 0.29) is 22.3 Å². The molecular weight excluding hydrogens is 461 g/mol. The van der Waals surface area contributed by atoms with Crippen LogP contribution in [0.4, 0.5) is 0 Å². The van der Waals surface area contributed by atoms with Gasteiger partial charge in [-0.2, -0.15) is 0 Å². The van der Waals surface area contributed by atoms with Crippen LogP contribution in [0.2, 0.25) is 15.1 Å². The highest BCUT2D eigenvalue weighted by molar-refractivity contribution is 6.37. The Labute approximate surface area is 194 Å². The number of carbonyl (C=O) groups excluding carboxylic acids is 1. The lowest BCUT2D eigenvalue weighted by Crippen LogP contribution is -2.41. The number of imidazole rings is 1. The molecule has 31 heavy (non-hydrogen) atoms. The second kappa shape index (κ2) is 8.87. The molecule has 1 saturated heterocycles. The Bertz CT molecular complexity index is 1220. The molecule has 2 heterocycles. The number of esters is 1. The summed E-state index contributed by atoms with van der Waals surface area (Å²) in [7, 11) is 3.38. The lowest BCUT2D eigenvalue weighted by atomic mass is 10.0. The number of fused-ring (bicyclic) bond motifs is 1. The summed E-state index contributed by atoms with van der Waals surface area (Å²) in [5.41, 5.74) is 1.53. The molecule has 0 radical (unpaired) electrons. The summed E-state index contributed by atoms with van der Waals surface area (Å²) in [5.74, 6) is -0.519. The Balaban J connectivity index is 1.98. The van der Waals surface area contributed by atoms with Crippen molar-refractivity contribution in [1.29, 1.82) is 0 Å². The molecule has 0 spiro atoms. The third-order valence-electron chi connectivity index (χ3n) is 5.87. The van der Waals surface area contributed by atoms with Gasteiger partial charge in [-0.3, -0.25) is 9.13 Å². The number of carbonyl (C=O) groups is 1. The summed E-state index contributed by atoms with van der Waals surface area (Å²) in [6.07, 6.45) is 3.24. The van der Waals surface area contributed by atoms with Gasteiger partial charge in [0, 0.05) is 17.6 Å². The number of methoxy groups -OCH3 is 1. The summed E-state index contributed by atoms with van der Waals surface area (Å²) in [6, 6.07) is 8.30. The molecule has 1 aromatic heterocycles. The Kier molecular flexibility index (Phi) is 6.35. The average molecular weight is 483 g/mol. The van der Waals surface area contributed by atoms with E-state index in [0.29, 0.717) is 33.3 Å². The zero-order chi connectivity index (χ0) is 22.3. The normalized spacial score (nSPS) is 17.3. The first kappa shape index (κ1) is 22.2. The standard InChI is InChI=1S/C22H22Cl3N3O3/c1-26-8-4-3-5-15(26)12-27-19-10-13(21(29)31-2)9-17(25)20(19)28(22(27)30)18-7-6-14(23)11-16(18)24/h6-7,9-11,15H,3-5,8,12H2,1-2H3. The number of halogens is 3. The van der Waals surface area contributed by atoms with E-state index in [1.165, 1.54) is 17.7 Å². The van der Waals surface area contributed by atoms with Gasteiger partial charge in [-0.1, -0.05) is 41.2 Å². The van der Waals surface area contributed by atoms with Gasteiger partial charge in [0.2, 0.25) is 0 Å². The summed E-state index contributed by atoms with van der Waals surface area (Å²) in [6.45, 7) is 1.46. The van der Waals surface area contributed by atoms with Gasteiger partial charge in [-0.05, 0) is 56.8 Å². The molecule has 164 valence electrons. The maximum Gasteiger partial charge on any atom is 0.337 e. The molecule has 0 bridgehead atoms. The van der Waals surface area contributed by atoms with Gasteiger partial charge in [0.1, 0.15) is 0 Å². The Hall–Kier alpha value is -1.99. The first-order chi connectivity index (χ1) is 14.8. The van der Waals surface area contributed by atoms with Crippen LogP contribution in [-0.4, -0.2) is 46.7 Å². The number of piperidine rings is 1. The molecule has 1 fully saturated rings. The van der Waals surface area contributed by atoms with E-state index in [9.17, 15) is 9.59 Å². The predicted octanol–water partition coefficient (Wildman–Crippen LogP) is 5.02. The van der Waals surface area contributed by atoms with Crippen molar-refractivity contribution in [1.82, 2.24) is 14.0 Å². The van der Waals surface area contributed by atoms with E-state index >= 15 is 0 Å². The highest BCUT2D eigenvalue weighted by Gasteiger charge is 2.26. The fourth-order valence-electron chi connectivity index (χ4n) is 4.21. The number of rotatable bonds is 4. The van der Waals surface area contributed by atoms with Crippen LogP contribution in [0.3, 0.4) is 0 Å². The third-order valence-corrected chi connectivity index (χ3v) is 6.69. The van der Waals surface area contributed by atoms with Gasteiger partial charge in [-0.15, -0.1) is 0 Å². The van der Waals surface area contributed by atoms with E-state index in [1.54, 1.807) is 28.8 Å². The summed E-state index contributed by atoms with van der Waals surface area (Å²) in [4.78, 5) is 28.1. The molecule has 0 amide bonds. The zero-order valence-corrected chi connectivity index (χ0v) is 19.5. The van der Waals surface area contributed by atoms with Crippen LogP contribution >= 0.6 is 34.8 Å². The quantitative estimate of drug-likeness (QED) is 0.490. The molecular formula is C22H22Cl3N3O3. The predicted molar refractivity (Wildman–Crippen MR) is 124 cm³/mol. The van der Waals surface area contributed by atoms with Gasteiger partial charge < -0.3 is 9.64 Å². The maximum absolute atomic E-state index is 13.7. The van der Waals surface area contributed by atoms with E-state index < -0.39 is 5.97 Å². The van der Waals surface area contributed by atoms with Gasteiger partial charge >= 0.3 is 11.7 Å². The van der Waals surface area contributed by atoms with Crippen molar-refractivity contribution in [3.63, 3.8) is 0 Å². The maximum atomic E-state index is 13.7. The minimum absolute atomic E-state index is 0.201. The number of likely N-dealkylation sites (N-methyl/N-ethyl adjacent to an activating group) is 1. The van der Waals surface area contributed by atoms with Crippen molar-refractivity contribution in [3.8, 4) is 5.69 Å². The molecule has 4 rings (SSSR count). The van der Waals surface area contributed by atoms with Gasteiger partial charge in [-0.25, -0.2) is 9.59 Å². The molecule has 9 heteroatoms. The molecule has 3 aromatic rings. The lowest BCUT2D eigenvalue weighted by molar-refractivity contribution is 0.0601. The van der Waals surface area contributed by atoms with Gasteiger partial charge in [0.25, 0.3) is 0 Å². The Morgan fingerprint density at radius 3 is 2.58 bits per heavy atom. The topological polar surface area (TPSA) is 56.5 Å². The van der Waals surface area contributed by atoms with Gasteiger partial charge in [0.05, 0.1) is 39.4 Å². The minimum atomic E-state index is -0.519. The van der Waals surface area contributed by atoms with Crippen molar-refractivity contribution in [2.24, 2.45) is 0 Å². The van der Waals surface area contributed by atoms with Crippen molar-refractivity contribution in [2.75, 3.05) is 20.7 Å². The number of ether oxygens (including phenoxy) is 1. The number of hydrogen-bond donors (Lipinski definition) is 0. The van der Waals surface area contributed by atoms with Crippen LogP contribution in [0.25, 0.3) is 16.7 Å². The van der Waals surface area contributed by atoms with Crippen molar-refractivity contribution < 1.29 is 9.53 Å². The molecule has 1 unspecified atom stereocenters. The van der Waals surface area contributed by atoms with Crippen LogP contribution in [0.15, 0.2) is 35.1 Å². The molecule has 0 aliphatic carbocycles. The number of likely N-dealkylation sites (tertiary alicyclic amines) is 1. The molecule has 6 nitrogen and oxygen atoms in total. The van der Waals surface area contributed by atoms with Crippen molar-refractivity contribution in [2.45, 2.75) is 31.8 Å². The third kappa shape index (κ3) is 4.10. The summed E-state index contributed by atoms with van der Waals surface area (Å²) < 4.78 is 8.02. The largest absolute Gasteiger partial charge is 0.465 e. The van der Waals surface area contributed by atoms with Crippen LogP contribution in [0.1, 0.15) is 29.6 Å². The monoisotopic (exact) mass is 481 g/mol. The zero-order valence-electron chi connectivity index (χ0n) is 17.2. The van der Waals surface area contributed by atoms with Crippen LogP contribution in [0.5, 0.6) is 0 Å². The number of aromatic nitrogens is 2. The van der Waals surface area contributed by atoms with Crippen LogP contribution in [-0.2, 0) is 11.3 Å². The first-order valence-electron chi connectivity index (χ1n) is 10.0. The molecule has 1 aliphatic heterocycles. The highest BCUT2D eigenvalue weighted by atomic mass is 35.5. The van der Waals surface area contributed by atoms with Crippen LogP contribution < -0.4 is 5.69 Å². The fourth-order valence-corrected chi connectivity index (χ4v) is 5.01. The summed E-state index contributed by atoms with van der Waals surface area (Å²) >= 11 is 19.1. The van der Waals surface area contributed by atoms with E-state index in [0.717, 1.165) is 25.8 Å². The van der Waals surface area contributed by atoms with E-state index in [2.05, 4.69) is 11.9 Å². The Morgan fingerprint density at radius 1 is 1.13 bits per heavy atom. The Morgan fingerprint density at radius 2 is 1.90 bits per heavy atom. The minimum Gasteiger partial charge on any atom is -0.465 e. The number of hydrogen-bond acceptors (Lipinski definition) is 4. The molecule has 2 aromatic carbocycles. The SMILES string of the molecule is COC(=O)c1cc(Cl)c2c(c1)n(CC1CCCCN1C)c(=O)n2-c1ccc(Cl)cc1Cl. The van der Waals surface area contributed by atoms with Gasteiger partial charge in [0.15, 0.2) is 0 Å². The molecule has 0 N–H and O–H groups in total. The number of nitrogens with zero attached hydrogens (tertiary/aromatic N) is 3. The second-order valence-electron chi connectivity index (χ2n) is 7.77. The average Bonchev–Trinajstić information content (AvgIpc) is 3.01. The molecule has 0 saturated carbocycles. The second-order valence-corrected chi connectivity index (χ2v) is 9.02. The van der Waals surface area contributed by atoms with Crippen molar-refractivity contribution in [3.05, 3.63) is 61.4 Å². The highest BCUT2D eigenvalue weighted by Crippen LogP contribution is 2.32. The van der Waals surface area contributed by atoms with E-state index in [4.69, 9.17) is 39.5 Å². The lowest BCUT2D eigenvalue weighted by Gasteiger charge is -2.32. The van der Waals surface area contributed by atoms with Crippen molar-refractivity contribution >= 4 is 51.8 Å². The molecule has 1 atom stereocenters. The summed E-state index contributed by atoms with van der Waals surface area (Å²) in [5, 5.41) is 1.06. The number of benzene rings is 2. The molecule has 1 aliphatic rings. The smallest absolute Gasteiger partial charge is 0.337 e.